The van der Waals surface area contributed by atoms with Crippen molar-refractivity contribution < 1.29 is 18.7 Å². The van der Waals surface area contributed by atoms with Gasteiger partial charge in [-0.1, -0.05) is 0 Å². The Kier molecular flexibility index (Phi) is 8.05. The molecule has 31 heavy (non-hydrogen) atoms. The number of primary amides is 1. The first-order valence-electron chi connectivity index (χ1n) is 11.2. The second-order valence-corrected chi connectivity index (χ2v) is 25.4. The number of carbonyl (C=O) groups excluding carboxylic acids is 1. The molecule has 2 rings (SSSR count). The summed E-state index contributed by atoms with van der Waals surface area (Å²) in [5, 5.41) is 13.5. The Labute approximate surface area is 189 Å². The van der Waals surface area contributed by atoms with Crippen LogP contribution in [0.1, 0.15) is 69.4 Å². The molecular weight excluding hydrogens is 507 g/mol. The van der Waals surface area contributed by atoms with Crippen LogP contribution in [-0.4, -0.2) is 57.9 Å². The van der Waals surface area contributed by atoms with Crippen molar-refractivity contribution in [2.24, 2.45) is 11.7 Å². The molecule has 0 saturated heterocycles. The van der Waals surface area contributed by atoms with Gasteiger partial charge in [-0.2, -0.15) is 0 Å². The second-order valence-electron chi connectivity index (χ2n) is 11.1. The van der Waals surface area contributed by atoms with Gasteiger partial charge in [0, 0.05) is 0 Å². The van der Waals surface area contributed by atoms with Crippen molar-refractivity contribution in [1.29, 1.82) is 0 Å². The van der Waals surface area contributed by atoms with Gasteiger partial charge in [-0.3, -0.25) is 0 Å². The quantitative estimate of drug-likeness (QED) is 0.429. The molecule has 0 aliphatic heterocycles. The van der Waals surface area contributed by atoms with Crippen molar-refractivity contribution in [2.45, 2.75) is 98.1 Å². The molecule has 0 unspecified atom stereocenters. The summed E-state index contributed by atoms with van der Waals surface area (Å²) in [7, 11) is 0. The van der Waals surface area contributed by atoms with Gasteiger partial charge in [0.25, 0.3) is 0 Å². The summed E-state index contributed by atoms with van der Waals surface area (Å²) in [6.45, 7) is 6.06. The number of pyridine rings is 1. The molecule has 1 amide bonds. The molecular formula is C23H39F2N3O2Sn. The molecule has 1 fully saturated rings. The summed E-state index contributed by atoms with van der Waals surface area (Å²) >= 11 is -2.69. The van der Waals surface area contributed by atoms with E-state index in [0.29, 0.717) is 11.4 Å². The number of aliphatic hydroxyl groups is 1. The Balaban J connectivity index is 2.41. The first kappa shape index (κ1) is 26.3. The van der Waals surface area contributed by atoms with Gasteiger partial charge in [0.2, 0.25) is 0 Å². The summed E-state index contributed by atoms with van der Waals surface area (Å²) in [4.78, 5) is 23.7. The zero-order chi connectivity index (χ0) is 23.8. The van der Waals surface area contributed by atoms with Crippen LogP contribution < -0.4 is 14.8 Å². The summed E-state index contributed by atoms with van der Waals surface area (Å²) in [6, 6.07) is 1.99. The van der Waals surface area contributed by atoms with Crippen LogP contribution in [0.5, 0.6) is 0 Å². The molecule has 0 spiro atoms. The van der Waals surface area contributed by atoms with Crippen molar-refractivity contribution in [3.05, 3.63) is 17.3 Å². The van der Waals surface area contributed by atoms with Crippen LogP contribution in [-0.2, 0) is 6.42 Å². The third-order valence-electron chi connectivity index (χ3n) is 6.31. The fraction of sp³-hybridized carbons (Fsp3) is 0.739. The molecule has 0 aromatic carbocycles. The van der Waals surface area contributed by atoms with E-state index in [1.165, 1.54) is 13.8 Å². The van der Waals surface area contributed by atoms with Gasteiger partial charge in [0.15, 0.2) is 0 Å². The van der Waals surface area contributed by atoms with E-state index in [-0.39, 0.29) is 23.9 Å². The Hall–Kier alpha value is -0.961. The Bertz CT molecular complexity index is 790. The molecule has 8 heteroatoms. The van der Waals surface area contributed by atoms with E-state index in [0.717, 1.165) is 29.4 Å². The molecule has 1 aromatic rings. The Morgan fingerprint density at radius 2 is 1.81 bits per heavy atom. The Morgan fingerprint density at radius 3 is 2.23 bits per heavy atom. The minimum absolute atomic E-state index is 0.0228. The van der Waals surface area contributed by atoms with Crippen LogP contribution in [0.15, 0.2) is 6.07 Å². The van der Waals surface area contributed by atoms with Crippen molar-refractivity contribution in [3.8, 4) is 0 Å². The van der Waals surface area contributed by atoms with Gasteiger partial charge in [0.05, 0.1) is 0 Å². The van der Waals surface area contributed by atoms with Gasteiger partial charge < -0.3 is 0 Å². The van der Waals surface area contributed by atoms with Gasteiger partial charge in [-0.05, 0) is 0 Å². The van der Waals surface area contributed by atoms with Crippen molar-refractivity contribution in [2.75, 3.05) is 5.32 Å². The second kappa shape index (κ2) is 9.49. The van der Waals surface area contributed by atoms with Crippen molar-refractivity contribution >= 4 is 33.7 Å². The SMILES string of the molecule is CC(C)(F)C1CCC(Nc2c[c]([Sn]([CH3])([CH3])[CH3])nc(C[C@@H](F)C(C)(C)O)c2C(N)=O)CC1. The zero-order valence-electron chi connectivity index (χ0n) is 20.0. The monoisotopic (exact) mass is 547 g/mol. The minimum atomic E-state index is -2.69. The summed E-state index contributed by atoms with van der Waals surface area (Å²) in [5.74, 6) is -0.642. The average molecular weight is 546 g/mol. The van der Waals surface area contributed by atoms with E-state index in [9.17, 15) is 18.7 Å². The van der Waals surface area contributed by atoms with Crippen LogP contribution in [0.4, 0.5) is 14.5 Å². The maximum absolute atomic E-state index is 14.7. The predicted molar refractivity (Wildman–Crippen MR) is 125 cm³/mol. The number of alkyl halides is 2. The number of nitrogens with two attached hydrogens (primary N) is 1. The predicted octanol–water partition coefficient (Wildman–Crippen LogP) is 4.10. The number of nitrogens with one attached hydrogen (secondary N) is 1. The molecule has 1 aliphatic carbocycles. The van der Waals surface area contributed by atoms with E-state index in [4.69, 9.17) is 5.73 Å². The number of hydrogen-bond donors (Lipinski definition) is 3. The third-order valence-corrected chi connectivity index (χ3v) is 11.4. The van der Waals surface area contributed by atoms with E-state index < -0.39 is 41.7 Å². The van der Waals surface area contributed by atoms with Crippen LogP contribution in [0.2, 0.25) is 14.8 Å². The van der Waals surface area contributed by atoms with Gasteiger partial charge >= 0.3 is 190 Å². The Morgan fingerprint density at radius 1 is 1.26 bits per heavy atom. The van der Waals surface area contributed by atoms with E-state index >= 15 is 0 Å². The zero-order valence-corrected chi connectivity index (χ0v) is 22.8. The molecule has 1 saturated carbocycles. The molecule has 4 N–H and O–H groups in total. The maximum atomic E-state index is 14.7. The van der Waals surface area contributed by atoms with Crippen LogP contribution in [0, 0.1) is 5.92 Å². The van der Waals surface area contributed by atoms with E-state index in [1.807, 2.05) is 6.07 Å². The van der Waals surface area contributed by atoms with Gasteiger partial charge in [-0.25, -0.2) is 0 Å². The molecule has 1 aliphatic rings. The normalized spacial score (nSPS) is 21.6. The van der Waals surface area contributed by atoms with Crippen molar-refractivity contribution in [1.82, 2.24) is 4.98 Å². The van der Waals surface area contributed by atoms with E-state index in [2.05, 4.69) is 25.1 Å². The number of rotatable bonds is 8. The molecule has 0 bridgehead atoms. The number of hydrogen-bond acceptors (Lipinski definition) is 4. The van der Waals surface area contributed by atoms with Crippen LogP contribution >= 0.6 is 0 Å². The number of carbonyl (C=O) groups is 1. The first-order valence-corrected chi connectivity index (χ1v) is 21.1. The summed E-state index contributed by atoms with van der Waals surface area (Å²) in [5.41, 5.74) is 4.03. The fourth-order valence-corrected chi connectivity index (χ4v) is 7.07. The number of aromatic nitrogens is 1. The van der Waals surface area contributed by atoms with Crippen LogP contribution in [0.3, 0.4) is 0 Å². The standard InChI is InChI=1S/C20H30F2N3O2.3CH3.Sn/c1-19(2,22)12-5-7-13(8-6-12)25-14-9-10-24-15(17(14)18(23)26)11-16(21)20(3,4)27;;;;/h9,12-13,16,27H,5-8,11H2,1-4H3,(H2,23,26)(H,24,25);3*1H3;/t12?,13?,16-;;;;/m1..../s1. The number of halogens is 2. The van der Waals surface area contributed by atoms with Crippen molar-refractivity contribution in [3.63, 3.8) is 0 Å². The van der Waals surface area contributed by atoms with Gasteiger partial charge in [-0.15, -0.1) is 0 Å². The molecule has 1 heterocycles. The average Bonchev–Trinajstić information content (AvgIpc) is 2.59. The molecule has 1 aromatic heterocycles. The first-order chi connectivity index (χ1) is 14.0. The number of amides is 1. The molecule has 5 nitrogen and oxygen atoms in total. The summed E-state index contributed by atoms with van der Waals surface area (Å²) < 4.78 is 30.0. The van der Waals surface area contributed by atoms with E-state index in [1.54, 1.807) is 13.8 Å². The molecule has 0 radical (unpaired) electrons. The van der Waals surface area contributed by atoms with Crippen LogP contribution in [0.25, 0.3) is 0 Å². The number of nitrogens with zero attached hydrogens (tertiary/aromatic N) is 1. The molecule has 1 atom stereocenters. The topological polar surface area (TPSA) is 88.2 Å². The number of anilines is 1. The molecule has 176 valence electrons. The fourth-order valence-electron chi connectivity index (χ4n) is 4.08. The van der Waals surface area contributed by atoms with Gasteiger partial charge in [0.1, 0.15) is 0 Å². The third kappa shape index (κ3) is 7.01. The summed E-state index contributed by atoms with van der Waals surface area (Å²) in [6.07, 6.45) is 1.34.